The van der Waals surface area contributed by atoms with Crippen molar-refractivity contribution in [3.05, 3.63) is 25.3 Å². The highest BCUT2D eigenvalue weighted by atomic mass is 16.3. The first-order valence-electron chi connectivity index (χ1n) is 2.52. The van der Waals surface area contributed by atoms with E-state index in [4.69, 9.17) is 10.2 Å². The van der Waals surface area contributed by atoms with Gasteiger partial charge >= 0.3 is 12.5 Å². The minimum absolute atomic E-state index is 1.00. The standard InChI is InChI=1S/C6H10NO2/c1-3-5(8)7-6(9)4-2/h3-6,8-9H,1-2H2/q+1. The molecule has 2 atom stereocenters. The molecular formula is C6H10NO2+. The Kier molecular flexibility index (Phi) is 3.96. The molecular weight excluding hydrogens is 118 g/mol. The lowest BCUT2D eigenvalue weighted by molar-refractivity contribution is 0.0897. The maximum Gasteiger partial charge on any atom is 0.316 e. The van der Waals surface area contributed by atoms with Crippen molar-refractivity contribution in [3.63, 3.8) is 0 Å². The van der Waals surface area contributed by atoms with Crippen LogP contribution in [0.2, 0.25) is 0 Å². The Hall–Kier alpha value is -0.640. The van der Waals surface area contributed by atoms with Crippen LogP contribution in [0.15, 0.2) is 25.3 Å². The average Bonchev–Trinajstić information content (AvgIpc) is 1.87. The molecule has 0 saturated carbocycles. The molecule has 0 rings (SSSR count). The summed E-state index contributed by atoms with van der Waals surface area (Å²) in [6.45, 7) is 6.52. The summed E-state index contributed by atoms with van der Waals surface area (Å²) >= 11 is 0. The SMILES string of the molecule is C=CC(O)[N+]C(O)C=C. The van der Waals surface area contributed by atoms with Crippen LogP contribution in [0.3, 0.4) is 0 Å². The van der Waals surface area contributed by atoms with Crippen molar-refractivity contribution in [3.8, 4) is 0 Å². The van der Waals surface area contributed by atoms with Crippen LogP contribution >= 0.6 is 0 Å². The fourth-order valence-electron chi connectivity index (χ4n) is 0.278. The summed E-state index contributed by atoms with van der Waals surface area (Å²) in [5.74, 6) is 0. The molecule has 3 heteroatoms. The fourth-order valence-corrected chi connectivity index (χ4v) is 0.278. The molecule has 0 aromatic rings. The van der Waals surface area contributed by atoms with Crippen molar-refractivity contribution in [2.45, 2.75) is 12.5 Å². The van der Waals surface area contributed by atoms with Crippen molar-refractivity contribution in [1.29, 1.82) is 0 Å². The predicted octanol–water partition coefficient (Wildman–Crippen LogP) is -0.400. The monoisotopic (exact) mass is 128 g/mol. The van der Waals surface area contributed by atoms with E-state index >= 15 is 0 Å². The smallest absolute Gasteiger partial charge is 0.316 e. The van der Waals surface area contributed by atoms with Crippen LogP contribution in [0.5, 0.6) is 0 Å². The van der Waals surface area contributed by atoms with Gasteiger partial charge in [-0.15, -0.1) is 0 Å². The van der Waals surface area contributed by atoms with Gasteiger partial charge in [-0.2, -0.15) is 0 Å². The zero-order valence-electron chi connectivity index (χ0n) is 5.07. The lowest BCUT2D eigenvalue weighted by Crippen LogP contribution is -2.27. The van der Waals surface area contributed by atoms with Crippen LogP contribution in [0.4, 0.5) is 0 Å². The summed E-state index contributed by atoms with van der Waals surface area (Å²) in [6, 6.07) is 0. The first kappa shape index (κ1) is 8.36. The van der Waals surface area contributed by atoms with Crippen LogP contribution in [0, 0.1) is 0 Å². The molecule has 50 valence electrons. The Bertz CT molecular complexity index is 91.2. The van der Waals surface area contributed by atoms with E-state index in [2.05, 4.69) is 18.5 Å². The minimum Gasteiger partial charge on any atom is -0.333 e. The zero-order valence-corrected chi connectivity index (χ0v) is 5.07. The topological polar surface area (TPSA) is 54.6 Å². The normalized spacial score (nSPS) is 16.2. The quantitative estimate of drug-likeness (QED) is 0.506. The molecule has 0 aliphatic heterocycles. The Morgan fingerprint density at radius 3 is 1.67 bits per heavy atom. The van der Waals surface area contributed by atoms with Gasteiger partial charge in [-0.05, 0) is 0 Å². The highest BCUT2D eigenvalue weighted by molar-refractivity contribution is 4.82. The van der Waals surface area contributed by atoms with Crippen LogP contribution in [-0.4, -0.2) is 22.7 Å². The summed E-state index contributed by atoms with van der Waals surface area (Å²) < 4.78 is 0. The second-order valence-corrected chi connectivity index (χ2v) is 1.45. The number of nitrogens with zero attached hydrogens (tertiary/aromatic N) is 1. The third kappa shape index (κ3) is 3.90. The van der Waals surface area contributed by atoms with E-state index < -0.39 is 12.5 Å². The molecule has 0 heterocycles. The second-order valence-electron chi connectivity index (χ2n) is 1.45. The van der Waals surface area contributed by atoms with E-state index in [1.54, 1.807) is 0 Å². The van der Waals surface area contributed by atoms with Gasteiger partial charge in [0, 0.05) is 12.2 Å². The molecule has 0 aromatic heterocycles. The van der Waals surface area contributed by atoms with Crippen molar-refractivity contribution >= 4 is 0 Å². The number of aliphatic hydroxyl groups excluding tert-OH is 2. The number of hydrogen-bond donors (Lipinski definition) is 2. The maximum absolute atomic E-state index is 8.67. The van der Waals surface area contributed by atoms with E-state index in [0.29, 0.717) is 0 Å². The number of aliphatic hydroxyl groups is 2. The van der Waals surface area contributed by atoms with Gasteiger partial charge in [0.2, 0.25) is 0 Å². The fraction of sp³-hybridized carbons (Fsp3) is 0.333. The summed E-state index contributed by atoms with van der Waals surface area (Å²) in [7, 11) is 0. The van der Waals surface area contributed by atoms with Crippen LogP contribution in [-0.2, 0) is 0 Å². The molecule has 0 aliphatic rings. The van der Waals surface area contributed by atoms with Crippen LogP contribution in [0.1, 0.15) is 0 Å². The third-order valence-corrected chi connectivity index (χ3v) is 0.727. The summed E-state index contributed by atoms with van der Waals surface area (Å²) in [5.41, 5.74) is 0. The Labute approximate surface area is 54.3 Å². The van der Waals surface area contributed by atoms with E-state index in [1.807, 2.05) is 0 Å². The van der Waals surface area contributed by atoms with Gasteiger partial charge in [0.05, 0.1) is 0 Å². The van der Waals surface area contributed by atoms with Gasteiger partial charge < -0.3 is 10.2 Å². The van der Waals surface area contributed by atoms with Gasteiger partial charge in [0.15, 0.2) is 0 Å². The number of rotatable bonds is 4. The van der Waals surface area contributed by atoms with Gasteiger partial charge in [-0.25, -0.2) is 0 Å². The minimum atomic E-state index is -1.00. The van der Waals surface area contributed by atoms with Crippen molar-refractivity contribution in [1.82, 2.24) is 5.32 Å². The highest BCUT2D eigenvalue weighted by Crippen LogP contribution is 1.85. The molecule has 3 nitrogen and oxygen atoms in total. The Balaban J connectivity index is 3.45. The lowest BCUT2D eigenvalue weighted by Gasteiger charge is -1.91. The van der Waals surface area contributed by atoms with Gasteiger partial charge in [-0.1, -0.05) is 13.2 Å². The molecule has 0 bridgehead atoms. The van der Waals surface area contributed by atoms with Crippen molar-refractivity contribution in [2.24, 2.45) is 0 Å². The molecule has 9 heavy (non-hydrogen) atoms. The van der Waals surface area contributed by atoms with E-state index in [9.17, 15) is 0 Å². The second kappa shape index (κ2) is 4.26. The van der Waals surface area contributed by atoms with E-state index in [0.717, 1.165) is 0 Å². The molecule has 0 spiro atoms. The molecule has 0 amide bonds. The lowest BCUT2D eigenvalue weighted by atomic mass is 10.5. The molecule has 2 unspecified atom stereocenters. The summed E-state index contributed by atoms with van der Waals surface area (Å²) in [4.78, 5) is 0. The molecule has 2 radical (unpaired) electrons. The van der Waals surface area contributed by atoms with Gasteiger partial charge in [0.25, 0.3) is 0 Å². The Morgan fingerprint density at radius 2 is 1.44 bits per heavy atom. The Morgan fingerprint density at radius 1 is 1.11 bits per heavy atom. The summed E-state index contributed by atoms with van der Waals surface area (Å²) in [5, 5.41) is 20.7. The van der Waals surface area contributed by atoms with Gasteiger partial charge in [-0.3, -0.25) is 0 Å². The van der Waals surface area contributed by atoms with E-state index in [-0.39, 0.29) is 0 Å². The first-order valence-corrected chi connectivity index (χ1v) is 2.52. The highest BCUT2D eigenvalue weighted by Gasteiger charge is 2.20. The van der Waals surface area contributed by atoms with Gasteiger partial charge in [0.1, 0.15) is 5.32 Å². The zero-order chi connectivity index (χ0) is 7.28. The van der Waals surface area contributed by atoms with Crippen molar-refractivity contribution in [2.75, 3.05) is 0 Å². The molecule has 2 N–H and O–H groups in total. The van der Waals surface area contributed by atoms with Crippen LogP contribution < -0.4 is 5.32 Å². The number of hydrogen-bond acceptors (Lipinski definition) is 2. The molecule has 0 aromatic carbocycles. The molecule has 0 aliphatic carbocycles. The van der Waals surface area contributed by atoms with Crippen molar-refractivity contribution < 1.29 is 10.2 Å². The first-order chi connectivity index (χ1) is 4.20. The largest absolute Gasteiger partial charge is 0.333 e. The summed E-state index contributed by atoms with van der Waals surface area (Å²) in [6.07, 6.45) is 0.426. The molecule has 0 saturated heterocycles. The molecule has 0 fully saturated rings. The van der Waals surface area contributed by atoms with E-state index in [1.165, 1.54) is 12.2 Å². The van der Waals surface area contributed by atoms with Crippen LogP contribution in [0.25, 0.3) is 0 Å². The predicted molar refractivity (Wildman–Crippen MR) is 34.5 cm³/mol. The third-order valence-electron chi connectivity index (χ3n) is 0.727. The maximum atomic E-state index is 8.67. The average molecular weight is 128 g/mol.